The molecule has 8 heteroatoms. The third-order valence-electron chi connectivity index (χ3n) is 2.60. The lowest BCUT2D eigenvalue weighted by molar-refractivity contribution is 0.0478. The number of carbonyl (C=O) groups excluding carboxylic acids is 1. The molecule has 0 saturated carbocycles. The highest BCUT2D eigenvalue weighted by Gasteiger charge is 2.21. The summed E-state index contributed by atoms with van der Waals surface area (Å²) in [6.45, 7) is -0.635. The molecule has 0 atom stereocenters. The van der Waals surface area contributed by atoms with Crippen LogP contribution < -0.4 is 0 Å². The number of ether oxygens (including phenoxy) is 1. The van der Waals surface area contributed by atoms with Crippen LogP contribution in [0.5, 0.6) is 0 Å². The van der Waals surface area contributed by atoms with Gasteiger partial charge in [-0.3, -0.25) is 4.79 Å². The second-order valence-electron chi connectivity index (χ2n) is 4.17. The van der Waals surface area contributed by atoms with Crippen LogP contribution in [0.4, 0.5) is 8.78 Å². The second-order valence-corrected chi connectivity index (χ2v) is 5.08. The number of nitrogens with zero attached hydrogens (tertiary/aromatic N) is 1. The lowest BCUT2D eigenvalue weighted by atomic mass is 10.1. The van der Waals surface area contributed by atoms with Gasteiger partial charge in [-0.2, -0.15) is 0 Å². The minimum atomic E-state index is -2.68. The molecule has 0 fully saturated rings. The summed E-state index contributed by atoms with van der Waals surface area (Å²) in [7, 11) is 1.40. The maximum absolute atomic E-state index is 12.5. The Hall–Kier alpha value is -1.54. The standard InChI is InChI=1S/C13H14BrF2NO4/c1-21-3-2-17(7-11(15)16)12(18)8-4-9(13(19)20)6-10(14)5-8/h4-6,11H,2-3,7H2,1H3,(H,19,20). The molecule has 5 nitrogen and oxygen atoms in total. The smallest absolute Gasteiger partial charge is 0.335 e. The zero-order valence-corrected chi connectivity index (χ0v) is 12.8. The van der Waals surface area contributed by atoms with Crippen molar-refractivity contribution in [3.05, 3.63) is 33.8 Å². The summed E-state index contributed by atoms with van der Waals surface area (Å²) in [6, 6.07) is 3.87. The summed E-state index contributed by atoms with van der Waals surface area (Å²) in [4.78, 5) is 24.1. The van der Waals surface area contributed by atoms with E-state index in [1.54, 1.807) is 0 Å². The Bertz CT molecular complexity index is 525. The number of alkyl halides is 2. The molecule has 0 bridgehead atoms. The summed E-state index contributed by atoms with van der Waals surface area (Å²) >= 11 is 3.10. The van der Waals surface area contributed by atoms with Gasteiger partial charge >= 0.3 is 5.97 Å². The first kappa shape index (κ1) is 17.5. The van der Waals surface area contributed by atoms with Crippen molar-refractivity contribution in [3.63, 3.8) is 0 Å². The molecule has 0 saturated heterocycles. The molecule has 1 N–H and O–H groups in total. The number of hydrogen-bond acceptors (Lipinski definition) is 3. The van der Waals surface area contributed by atoms with Crippen LogP contribution in [0.25, 0.3) is 0 Å². The fourth-order valence-electron chi connectivity index (χ4n) is 1.66. The summed E-state index contributed by atoms with van der Waals surface area (Å²) in [5.74, 6) is -1.88. The first-order valence-electron chi connectivity index (χ1n) is 5.95. The van der Waals surface area contributed by atoms with E-state index in [0.717, 1.165) is 11.0 Å². The predicted molar refractivity (Wildman–Crippen MR) is 74.9 cm³/mol. The maximum Gasteiger partial charge on any atom is 0.335 e. The van der Waals surface area contributed by atoms with Crippen LogP contribution in [-0.2, 0) is 4.74 Å². The van der Waals surface area contributed by atoms with Crippen molar-refractivity contribution in [3.8, 4) is 0 Å². The van der Waals surface area contributed by atoms with E-state index in [0.29, 0.717) is 4.47 Å². The number of amides is 1. The van der Waals surface area contributed by atoms with Gasteiger partial charge in [0.15, 0.2) is 0 Å². The average molecular weight is 366 g/mol. The summed E-state index contributed by atoms with van der Waals surface area (Å²) in [6.07, 6.45) is -2.68. The van der Waals surface area contributed by atoms with Crippen molar-refractivity contribution >= 4 is 27.8 Å². The average Bonchev–Trinajstić information content (AvgIpc) is 2.41. The first-order chi connectivity index (χ1) is 9.85. The monoisotopic (exact) mass is 365 g/mol. The molecule has 1 aromatic carbocycles. The number of aromatic carboxylic acids is 1. The van der Waals surface area contributed by atoms with Gasteiger partial charge < -0.3 is 14.7 Å². The van der Waals surface area contributed by atoms with Gasteiger partial charge in [-0.1, -0.05) is 15.9 Å². The van der Waals surface area contributed by atoms with Crippen molar-refractivity contribution < 1.29 is 28.2 Å². The molecule has 0 aliphatic rings. The maximum atomic E-state index is 12.5. The van der Waals surface area contributed by atoms with E-state index in [-0.39, 0.29) is 24.3 Å². The van der Waals surface area contributed by atoms with Crippen LogP contribution in [-0.4, -0.2) is 55.1 Å². The van der Waals surface area contributed by atoms with E-state index in [1.165, 1.54) is 19.2 Å². The van der Waals surface area contributed by atoms with Gasteiger partial charge in [0.1, 0.15) is 0 Å². The topological polar surface area (TPSA) is 66.8 Å². The minimum absolute atomic E-state index is 0.00537. The molecule has 1 amide bonds. The number of halogens is 3. The molecular weight excluding hydrogens is 352 g/mol. The van der Waals surface area contributed by atoms with Crippen molar-refractivity contribution in [1.82, 2.24) is 4.90 Å². The van der Waals surface area contributed by atoms with Crippen LogP contribution in [0.15, 0.2) is 22.7 Å². The molecule has 0 unspecified atom stereocenters. The van der Waals surface area contributed by atoms with Gasteiger partial charge in [0.25, 0.3) is 12.3 Å². The number of carboxylic acids is 1. The molecule has 21 heavy (non-hydrogen) atoms. The zero-order chi connectivity index (χ0) is 16.0. The summed E-state index contributed by atoms with van der Waals surface area (Å²) in [5, 5.41) is 8.96. The molecule has 1 rings (SSSR count). The van der Waals surface area contributed by atoms with E-state index in [9.17, 15) is 18.4 Å². The Morgan fingerprint density at radius 3 is 2.48 bits per heavy atom. The SMILES string of the molecule is COCCN(CC(F)F)C(=O)c1cc(Br)cc(C(=O)O)c1. The molecule has 0 aliphatic carbocycles. The Morgan fingerprint density at radius 1 is 1.33 bits per heavy atom. The van der Waals surface area contributed by atoms with E-state index >= 15 is 0 Å². The second kappa shape index (κ2) is 8.04. The van der Waals surface area contributed by atoms with Gasteiger partial charge in [0, 0.05) is 23.7 Å². The minimum Gasteiger partial charge on any atom is -0.478 e. The quantitative estimate of drug-likeness (QED) is 0.805. The van der Waals surface area contributed by atoms with E-state index < -0.39 is 24.8 Å². The zero-order valence-electron chi connectivity index (χ0n) is 11.2. The van der Waals surface area contributed by atoms with E-state index in [2.05, 4.69) is 15.9 Å². The highest BCUT2D eigenvalue weighted by atomic mass is 79.9. The van der Waals surface area contributed by atoms with Crippen molar-refractivity contribution in [1.29, 1.82) is 0 Å². The van der Waals surface area contributed by atoms with E-state index in [4.69, 9.17) is 9.84 Å². The third kappa shape index (κ3) is 5.39. The van der Waals surface area contributed by atoms with Crippen LogP contribution in [0.1, 0.15) is 20.7 Å². The van der Waals surface area contributed by atoms with Crippen LogP contribution >= 0.6 is 15.9 Å². The van der Waals surface area contributed by atoms with Gasteiger partial charge in [-0.15, -0.1) is 0 Å². The fraction of sp³-hybridized carbons (Fsp3) is 0.385. The number of rotatable bonds is 7. The molecule has 0 heterocycles. The van der Waals surface area contributed by atoms with Crippen molar-refractivity contribution in [2.45, 2.75) is 6.43 Å². The molecule has 0 radical (unpaired) electrons. The molecule has 116 valence electrons. The third-order valence-corrected chi connectivity index (χ3v) is 3.06. The number of benzene rings is 1. The number of carbonyl (C=O) groups is 2. The van der Waals surface area contributed by atoms with E-state index in [1.807, 2.05) is 0 Å². The lowest BCUT2D eigenvalue weighted by Gasteiger charge is -2.22. The van der Waals surface area contributed by atoms with Crippen LogP contribution in [0.3, 0.4) is 0 Å². The number of hydrogen-bond donors (Lipinski definition) is 1. The molecule has 0 aromatic heterocycles. The van der Waals surface area contributed by atoms with Crippen LogP contribution in [0, 0.1) is 0 Å². The molecule has 1 aromatic rings. The summed E-state index contributed by atoms with van der Waals surface area (Å²) < 4.78 is 30.2. The van der Waals surface area contributed by atoms with Gasteiger partial charge in [-0.05, 0) is 18.2 Å². The predicted octanol–water partition coefficient (Wildman–Crippen LogP) is 2.50. The molecular formula is C13H14BrF2NO4. The first-order valence-corrected chi connectivity index (χ1v) is 6.74. The summed E-state index contributed by atoms with van der Waals surface area (Å²) in [5.41, 5.74) is -0.0741. The Labute approximate surface area is 128 Å². The van der Waals surface area contributed by atoms with Crippen molar-refractivity contribution in [2.24, 2.45) is 0 Å². The molecule has 0 aliphatic heterocycles. The fourth-order valence-corrected chi connectivity index (χ4v) is 2.16. The Morgan fingerprint density at radius 2 is 1.95 bits per heavy atom. The van der Waals surface area contributed by atoms with Crippen LogP contribution in [0.2, 0.25) is 0 Å². The lowest BCUT2D eigenvalue weighted by Crippen LogP contribution is -2.37. The van der Waals surface area contributed by atoms with Gasteiger partial charge in [-0.25, -0.2) is 13.6 Å². The highest BCUT2D eigenvalue weighted by Crippen LogP contribution is 2.18. The van der Waals surface area contributed by atoms with Crippen molar-refractivity contribution in [2.75, 3.05) is 26.8 Å². The Balaban J connectivity index is 3.04. The normalized spacial score (nSPS) is 10.7. The highest BCUT2D eigenvalue weighted by molar-refractivity contribution is 9.10. The van der Waals surface area contributed by atoms with Gasteiger partial charge in [0.05, 0.1) is 18.7 Å². The largest absolute Gasteiger partial charge is 0.478 e. The van der Waals surface area contributed by atoms with Gasteiger partial charge in [0.2, 0.25) is 0 Å². The number of carboxylic acid groups (broad SMARTS) is 1. The number of methoxy groups -OCH3 is 1. The Kier molecular flexibility index (Phi) is 6.70. The molecule has 0 spiro atoms.